The zero-order valence-electron chi connectivity index (χ0n) is 16.9. The molecule has 1 aromatic carbocycles. The number of rotatable bonds is 5. The van der Waals surface area contributed by atoms with Crippen LogP contribution >= 0.6 is 0 Å². The Bertz CT molecular complexity index is 664. The van der Waals surface area contributed by atoms with E-state index >= 15 is 0 Å². The van der Waals surface area contributed by atoms with Gasteiger partial charge < -0.3 is 15.2 Å². The highest BCUT2D eigenvalue weighted by molar-refractivity contribution is 5.78. The number of piperidine rings is 1. The zero-order chi connectivity index (χ0) is 22.0. The van der Waals surface area contributed by atoms with Crippen molar-refractivity contribution in [2.24, 2.45) is 5.92 Å². The fraction of sp³-hybridized carbons (Fsp3) is 0.619. The summed E-state index contributed by atoms with van der Waals surface area (Å²) in [6, 6.07) is 10.7. The number of carbonyl (C=O) groups is 2. The number of aliphatic carboxylic acids is 1. The van der Waals surface area contributed by atoms with Crippen molar-refractivity contribution < 1.29 is 32.6 Å². The van der Waals surface area contributed by atoms with Crippen LogP contribution in [0.2, 0.25) is 0 Å². The molecule has 1 amide bonds. The normalized spacial score (nSPS) is 22.5. The summed E-state index contributed by atoms with van der Waals surface area (Å²) in [6.45, 7) is 4.97. The van der Waals surface area contributed by atoms with Gasteiger partial charge in [-0.3, -0.25) is 9.69 Å². The van der Waals surface area contributed by atoms with Gasteiger partial charge in [0.1, 0.15) is 0 Å². The molecule has 0 radical (unpaired) electrons. The number of carboxylic acids is 1. The molecule has 0 aliphatic carbocycles. The zero-order valence-corrected chi connectivity index (χ0v) is 16.9. The Labute approximate surface area is 174 Å². The van der Waals surface area contributed by atoms with Gasteiger partial charge in [-0.1, -0.05) is 30.3 Å². The number of nitrogens with zero attached hydrogens (tertiary/aromatic N) is 1. The van der Waals surface area contributed by atoms with E-state index in [0.29, 0.717) is 18.4 Å². The number of amides is 1. The predicted octanol–water partition coefficient (Wildman–Crippen LogP) is 3.04. The molecule has 2 heterocycles. The standard InChI is InChI=1S/C19H28N2O2.C2HF3O2/c22-19(20-12-16-6-5-11-23-15-16)14-21-10-4-9-18(13-21)17-7-2-1-3-8-17;3-2(4,5)1(6)7/h1-3,7-8,16,18H,4-6,9-15H2,(H,20,22);(H,6,7). The third-order valence-corrected chi connectivity index (χ3v) is 5.23. The van der Waals surface area contributed by atoms with E-state index in [1.54, 1.807) is 0 Å². The molecule has 0 saturated carbocycles. The van der Waals surface area contributed by atoms with E-state index in [9.17, 15) is 18.0 Å². The van der Waals surface area contributed by atoms with Gasteiger partial charge in [0.2, 0.25) is 5.91 Å². The van der Waals surface area contributed by atoms with E-state index < -0.39 is 12.1 Å². The topological polar surface area (TPSA) is 78.9 Å². The van der Waals surface area contributed by atoms with E-state index in [-0.39, 0.29) is 5.91 Å². The van der Waals surface area contributed by atoms with Crippen LogP contribution in [0.4, 0.5) is 13.2 Å². The van der Waals surface area contributed by atoms with Crippen LogP contribution in [0, 0.1) is 5.92 Å². The molecular weight excluding hydrogens is 401 g/mol. The summed E-state index contributed by atoms with van der Waals surface area (Å²) in [6.07, 6.45) is -0.406. The van der Waals surface area contributed by atoms with E-state index in [2.05, 4.69) is 40.5 Å². The van der Waals surface area contributed by atoms with Crippen molar-refractivity contribution in [3.63, 3.8) is 0 Å². The molecule has 0 bridgehead atoms. The molecule has 2 atom stereocenters. The van der Waals surface area contributed by atoms with Gasteiger partial charge in [0.05, 0.1) is 13.2 Å². The first-order chi connectivity index (χ1) is 14.3. The van der Waals surface area contributed by atoms with Gasteiger partial charge in [0.15, 0.2) is 0 Å². The maximum absolute atomic E-state index is 12.2. The number of benzene rings is 1. The van der Waals surface area contributed by atoms with Gasteiger partial charge in [0, 0.05) is 19.7 Å². The quantitative estimate of drug-likeness (QED) is 0.751. The summed E-state index contributed by atoms with van der Waals surface area (Å²) in [4.78, 5) is 23.4. The lowest BCUT2D eigenvalue weighted by atomic mass is 9.91. The SMILES string of the molecule is O=C(CN1CCCC(c2ccccc2)C1)NCC1CCCOC1.O=C(O)C(F)(F)F. The van der Waals surface area contributed by atoms with Crippen LogP contribution in [0.15, 0.2) is 30.3 Å². The highest BCUT2D eigenvalue weighted by atomic mass is 19.4. The Hall–Kier alpha value is -2.13. The van der Waals surface area contributed by atoms with Crippen molar-refractivity contribution in [2.45, 2.75) is 37.8 Å². The Morgan fingerprint density at radius 1 is 1.17 bits per heavy atom. The van der Waals surface area contributed by atoms with Gasteiger partial charge in [-0.2, -0.15) is 13.2 Å². The first-order valence-electron chi connectivity index (χ1n) is 10.2. The fourth-order valence-electron chi connectivity index (χ4n) is 3.68. The van der Waals surface area contributed by atoms with Gasteiger partial charge in [0.25, 0.3) is 0 Å². The Balaban J connectivity index is 0.000000396. The summed E-state index contributed by atoms with van der Waals surface area (Å²) >= 11 is 0. The average molecular weight is 430 g/mol. The molecule has 6 nitrogen and oxygen atoms in total. The number of hydrogen-bond donors (Lipinski definition) is 2. The summed E-state index contributed by atoms with van der Waals surface area (Å²) in [5, 5.41) is 10.2. The highest BCUT2D eigenvalue weighted by Crippen LogP contribution is 2.26. The Morgan fingerprint density at radius 3 is 2.47 bits per heavy atom. The number of nitrogens with one attached hydrogen (secondary N) is 1. The molecule has 0 aromatic heterocycles. The monoisotopic (exact) mass is 430 g/mol. The van der Waals surface area contributed by atoms with Crippen molar-refractivity contribution in [1.29, 1.82) is 0 Å². The van der Waals surface area contributed by atoms with Gasteiger partial charge in [-0.15, -0.1) is 0 Å². The third-order valence-electron chi connectivity index (χ3n) is 5.23. The molecule has 2 N–H and O–H groups in total. The number of carboxylic acid groups (broad SMARTS) is 1. The molecule has 9 heteroatoms. The Morgan fingerprint density at radius 2 is 1.87 bits per heavy atom. The van der Waals surface area contributed by atoms with Crippen LogP contribution in [-0.4, -0.2) is 67.5 Å². The lowest BCUT2D eigenvalue weighted by molar-refractivity contribution is -0.192. The molecule has 168 valence electrons. The number of likely N-dealkylation sites (tertiary alicyclic amines) is 1. The first-order valence-corrected chi connectivity index (χ1v) is 10.2. The average Bonchev–Trinajstić information content (AvgIpc) is 2.74. The van der Waals surface area contributed by atoms with Crippen LogP contribution in [0.5, 0.6) is 0 Å². The number of halogens is 3. The lowest BCUT2D eigenvalue weighted by Crippen LogP contribution is -2.43. The molecule has 3 rings (SSSR count). The predicted molar refractivity (Wildman–Crippen MR) is 105 cm³/mol. The lowest BCUT2D eigenvalue weighted by Gasteiger charge is -2.32. The Kier molecular flexibility index (Phi) is 9.58. The summed E-state index contributed by atoms with van der Waals surface area (Å²) < 4.78 is 37.2. The van der Waals surface area contributed by atoms with E-state index in [1.807, 2.05) is 0 Å². The molecule has 1 aromatic rings. The highest BCUT2D eigenvalue weighted by Gasteiger charge is 2.38. The van der Waals surface area contributed by atoms with Gasteiger partial charge >= 0.3 is 12.1 Å². The van der Waals surface area contributed by atoms with Crippen molar-refractivity contribution in [3.8, 4) is 0 Å². The fourth-order valence-corrected chi connectivity index (χ4v) is 3.68. The van der Waals surface area contributed by atoms with Gasteiger partial charge in [-0.05, 0) is 49.6 Å². The minimum absolute atomic E-state index is 0.157. The molecule has 2 unspecified atom stereocenters. The molecule has 30 heavy (non-hydrogen) atoms. The van der Waals surface area contributed by atoms with Crippen LogP contribution in [0.1, 0.15) is 37.2 Å². The van der Waals surface area contributed by atoms with Crippen molar-refractivity contribution in [2.75, 3.05) is 39.4 Å². The van der Waals surface area contributed by atoms with E-state index in [4.69, 9.17) is 14.6 Å². The number of alkyl halides is 3. The van der Waals surface area contributed by atoms with Crippen LogP contribution < -0.4 is 5.32 Å². The van der Waals surface area contributed by atoms with Crippen LogP contribution in [0.3, 0.4) is 0 Å². The summed E-state index contributed by atoms with van der Waals surface area (Å²) in [5.41, 5.74) is 1.40. The van der Waals surface area contributed by atoms with E-state index in [0.717, 1.165) is 39.3 Å². The number of carbonyl (C=O) groups excluding carboxylic acids is 1. The molecule has 2 saturated heterocycles. The minimum Gasteiger partial charge on any atom is -0.475 e. The maximum atomic E-state index is 12.2. The minimum atomic E-state index is -5.08. The summed E-state index contributed by atoms with van der Waals surface area (Å²) in [5.74, 6) is -1.55. The molecule has 0 spiro atoms. The second-order valence-corrected chi connectivity index (χ2v) is 7.68. The van der Waals surface area contributed by atoms with Crippen molar-refractivity contribution in [3.05, 3.63) is 35.9 Å². The molecule has 2 fully saturated rings. The first kappa shape index (κ1) is 24.1. The van der Waals surface area contributed by atoms with Crippen LogP contribution in [-0.2, 0) is 14.3 Å². The molecule has 2 aliphatic heterocycles. The molecule has 2 aliphatic rings. The van der Waals surface area contributed by atoms with Gasteiger partial charge in [-0.25, -0.2) is 4.79 Å². The molecular formula is C21H29F3N2O4. The van der Waals surface area contributed by atoms with Crippen molar-refractivity contribution in [1.82, 2.24) is 10.2 Å². The second-order valence-electron chi connectivity index (χ2n) is 7.68. The number of hydrogen-bond acceptors (Lipinski definition) is 4. The second kappa shape index (κ2) is 11.9. The smallest absolute Gasteiger partial charge is 0.475 e. The maximum Gasteiger partial charge on any atom is 0.490 e. The summed E-state index contributed by atoms with van der Waals surface area (Å²) in [7, 11) is 0. The van der Waals surface area contributed by atoms with Crippen molar-refractivity contribution >= 4 is 11.9 Å². The van der Waals surface area contributed by atoms with Crippen LogP contribution in [0.25, 0.3) is 0 Å². The third kappa shape index (κ3) is 8.71. The van der Waals surface area contributed by atoms with E-state index in [1.165, 1.54) is 24.8 Å². The largest absolute Gasteiger partial charge is 0.490 e. The number of ether oxygens (including phenoxy) is 1.